The smallest absolute Gasteiger partial charge is 0.328 e. The zero-order valence-electron chi connectivity index (χ0n) is 15.8. The van der Waals surface area contributed by atoms with Crippen LogP contribution >= 0.6 is 0 Å². The minimum atomic E-state index is -1.09. The van der Waals surface area contributed by atoms with Crippen LogP contribution in [-0.2, 0) is 27.6 Å². The van der Waals surface area contributed by atoms with E-state index in [0.29, 0.717) is 35.1 Å². The summed E-state index contributed by atoms with van der Waals surface area (Å²) in [4.78, 5) is 25.2. The normalized spacial score (nSPS) is 11.4. The molecule has 150 valence electrons. The van der Waals surface area contributed by atoms with Gasteiger partial charge in [0.15, 0.2) is 0 Å². The molecule has 0 atom stereocenters. The Morgan fingerprint density at radius 2 is 1.93 bits per heavy atom. The Morgan fingerprint density at radius 1 is 1.17 bits per heavy atom. The highest BCUT2D eigenvalue weighted by molar-refractivity contribution is 5.96. The first-order chi connectivity index (χ1) is 14.0. The minimum absolute atomic E-state index is 0.0114. The number of fused-ring (bicyclic) bond motifs is 1. The molecular weight excluding hydrogens is 377 g/mol. The van der Waals surface area contributed by atoms with Crippen molar-refractivity contribution in [2.24, 2.45) is 0 Å². The first-order valence-electron chi connectivity index (χ1n) is 9.01. The van der Waals surface area contributed by atoms with Crippen LogP contribution in [-0.4, -0.2) is 27.8 Å². The third kappa shape index (κ3) is 5.16. The van der Waals surface area contributed by atoms with Crippen molar-refractivity contribution in [3.8, 4) is 5.75 Å². The van der Waals surface area contributed by atoms with Gasteiger partial charge in [0, 0.05) is 23.2 Å². The highest BCUT2D eigenvalue weighted by atomic mass is 19.1. The molecule has 0 saturated carbocycles. The lowest BCUT2D eigenvalue weighted by Crippen LogP contribution is -1.98. The van der Waals surface area contributed by atoms with Crippen molar-refractivity contribution < 1.29 is 29.2 Å². The predicted octanol–water partition coefficient (Wildman–Crippen LogP) is 4.24. The molecule has 0 aliphatic rings. The summed E-state index contributed by atoms with van der Waals surface area (Å²) in [5.41, 5.74) is 3.07. The van der Waals surface area contributed by atoms with Gasteiger partial charge >= 0.3 is 5.97 Å². The van der Waals surface area contributed by atoms with E-state index in [1.54, 1.807) is 31.3 Å². The van der Waals surface area contributed by atoms with Gasteiger partial charge in [0.25, 0.3) is 0 Å². The topological polar surface area (TPSA) is 88.9 Å². The number of nitrogens with zero attached hydrogens (tertiary/aromatic N) is 1. The Bertz CT molecular complexity index is 1050. The molecule has 3 aromatic rings. The molecule has 0 fully saturated rings. The van der Waals surface area contributed by atoms with Crippen molar-refractivity contribution in [3.63, 3.8) is 0 Å². The molecule has 1 aromatic heterocycles. The van der Waals surface area contributed by atoms with Crippen LogP contribution in [0.4, 0.5) is 4.39 Å². The number of phenolic OH excluding ortho intramolecular Hbond substituents is 1. The Labute approximate surface area is 166 Å². The average Bonchev–Trinajstić information content (AvgIpc) is 2.70. The second-order valence-corrected chi connectivity index (χ2v) is 6.36. The van der Waals surface area contributed by atoms with E-state index < -0.39 is 5.97 Å². The van der Waals surface area contributed by atoms with Gasteiger partial charge in [-0.1, -0.05) is 12.1 Å². The van der Waals surface area contributed by atoms with Crippen molar-refractivity contribution in [1.82, 2.24) is 4.98 Å². The molecule has 0 saturated heterocycles. The number of aliphatic carboxylic acids is 1. The second-order valence-electron chi connectivity index (χ2n) is 6.36. The van der Waals surface area contributed by atoms with Crippen molar-refractivity contribution in [3.05, 3.63) is 76.7 Å². The summed E-state index contributed by atoms with van der Waals surface area (Å²) in [6.45, 7) is 2.11. The van der Waals surface area contributed by atoms with Crippen LogP contribution in [0.3, 0.4) is 0 Å². The third-order valence-corrected chi connectivity index (χ3v) is 4.26. The quantitative estimate of drug-likeness (QED) is 0.256. The fraction of sp³-hybridized carbons (Fsp3) is 0.182. The van der Waals surface area contributed by atoms with Crippen LogP contribution in [0.25, 0.3) is 17.0 Å². The van der Waals surface area contributed by atoms with Crippen LogP contribution in [0.5, 0.6) is 5.75 Å². The van der Waals surface area contributed by atoms with Gasteiger partial charge in [0.05, 0.1) is 6.61 Å². The van der Waals surface area contributed by atoms with Gasteiger partial charge in [-0.3, -0.25) is 4.98 Å². The molecule has 0 aliphatic carbocycles. The lowest BCUT2D eigenvalue weighted by Gasteiger charge is -2.12. The molecule has 29 heavy (non-hydrogen) atoms. The van der Waals surface area contributed by atoms with E-state index in [2.05, 4.69) is 4.98 Å². The van der Waals surface area contributed by atoms with E-state index in [1.165, 1.54) is 18.2 Å². The molecule has 6 nitrogen and oxygen atoms in total. The lowest BCUT2D eigenvalue weighted by molar-refractivity contribution is -0.300. The summed E-state index contributed by atoms with van der Waals surface area (Å²) in [7, 11) is 0. The highest BCUT2D eigenvalue weighted by Gasteiger charge is 2.13. The molecule has 0 radical (unpaired) electrons. The predicted molar refractivity (Wildman–Crippen MR) is 106 cm³/mol. The number of carboxylic acid groups (broad SMARTS) is 1. The number of halogens is 1. The first-order valence-corrected chi connectivity index (χ1v) is 9.01. The molecule has 2 aromatic carbocycles. The van der Waals surface area contributed by atoms with E-state index in [0.717, 1.165) is 17.2 Å². The minimum Gasteiger partial charge on any atom is -0.505 e. The monoisotopic (exact) mass is 397 g/mol. The second kappa shape index (κ2) is 9.27. The third-order valence-electron chi connectivity index (χ3n) is 4.26. The van der Waals surface area contributed by atoms with Crippen LogP contribution in [0.15, 0.2) is 48.7 Å². The van der Waals surface area contributed by atoms with E-state index in [1.807, 2.05) is 6.07 Å². The zero-order valence-corrected chi connectivity index (χ0v) is 15.8. The molecular formula is C22H20FNO5. The standard InChI is InChI=1S/C22H20FNO5/c1-2-28-29-13-17-11-16(5-8-20(25)26)19-10-15(12-24-21(19)22(17)27)9-14-3-6-18(23)7-4-14/h3-8,10-12,27H,2,9,13H2,1H3,(H,25,26)/b8-5+. The van der Waals surface area contributed by atoms with Crippen LogP contribution in [0.2, 0.25) is 0 Å². The maximum absolute atomic E-state index is 13.1. The molecule has 0 amide bonds. The zero-order chi connectivity index (χ0) is 20.8. The molecule has 0 spiro atoms. The van der Waals surface area contributed by atoms with Crippen molar-refractivity contribution in [2.75, 3.05) is 6.61 Å². The number of hydrogen-bond donors (Lipinski definition) is 2. The maximum Gasteiger partial charge on any atom is 0.328 e. The average molecular weight is 397 g/mol. The van der Waals surface area contributed by atoms with Gasteiger partial charge in [-0.25, -0.2) is 19.0 Å². The Hall–Kier alpha value is -3.29. The van der Waals surface area contributed by atoms with E-state index >= 15 is 0 Å². The van der Waals surface area contributed by atoms with Crippen LogP contribution in [0.1, 0.15) is 29.2 Å². The van der Waals surface area contributed by atoms with Crippen molar-refractivity contribution in [2.45, 2.75) is 20.0 Å². The summed E-state index contributed by atoms with van der Waals surface area (Å²) < 4.78 is 13.1. The molecule has 0 unspecified atom stereocenters. The van der Waals surface area contributed by atoms with Gasteiger partial charge in [0.1, 0.15) is 23.7 Å². The highest BCUT2D eigenvalue weighted by Crippen LogP contribution is 2.32. The summed E-state index contributed by atoms with van der Waals surface area (Å²) in [5, 5.41) is 20.2. The number of pyridine rings is 1. The number of rotatable bonds is 8. The Morgan fingerprint density at radius 3 is 2.62 bits per heavy atom. The lowest BCUT2D eigenvalue weighted by atomic mass is 9.99. The Kier molecular flexibility index (Phi) is 6.54. The summed E-state index contributed by atoms with van der Waals surface area (Å²) in [5.74, 6) is -1.45. The molecule has 1 heterocycles. The van der Waals surface area contributed by atoms with Crippen molar-refractivity contribution in [1.29, 1.82) is 0 Å². The summed E-state index contributed by atoms with van der Waals surface area (Å²) >= 11 is 0. The SMILES string of the molecule is CCOOCc1cc(/C=C/C(=O)O)c2cc(Cc3ccc(F)cc3)cnc2c1O. The van der Waals surface area contributed by atoms with Gasteiger partial charge < -0.3 is 10.2 Å². The first kappa shape index (κ1) is 20.4. The number of carbonyl (C=O) groups is 1. The fourth-order valence-electron chi connectivity index (χ4n) is 2.93. The Balaban J connectivity index is 2.03. The number of hydrogen-bond acceptors (Lipinski definition) is 5. The number of phenols is 1. The van der Waals surface area contributed by atoms with E-state index in [4.69, 9.17) is 14.9 Å². The molecule has 7 heteroatoms. The van der Waals surface area contributed by atoms with Gasteiger partial charge in [-0.15, -0.1) is 0 Å². The van der Waals surface area contributed by atoms with E-state index in [-0.39, 0.29) is 18.2 Å². The van der Waals surface area contributed by atoms with Gasteiger partial charge in [-0.2, -0.15) is 0 Å². The number of aromatic hydroxyl groups is 1. The van der Waals surface area contributed by atoms with Gasteiger partial charge in [-0.05, 0) is 60.4 Å². The molecule has 3 rings (SSSR count). The largest absolute Gasteiger partial charge is 0.505 e. The van der Waals surface area contributed by atoms with Crippen LogP contribution < -0.4 is 0 Å². The molecule has 2 N–H and O–H groups in total. The summed E-state index contributed by atoms with van der Waals surface area (Å²) in [6.07, 6.45) is 4.60. The molecule has 0 bridgehead atoms. The van der Waals surface area contributed by atoms with Crippen molar-refractivity contribution >= 4 is 22.9 Å². The van der Waals surface area contributed by atoms with Crippen LogP contribution in [0, 0.1) is 5.82 Å². The van der Waals surface area contributed by atoms with Gasteiger partial charge in [0.2, 0.25) is 0 Å². The maximum atomic E-state index is 13.1. The number of aromatic nitrogens is 1. The number of carboxylic acids is 1. The van der Waals surface area contributed by atoms with E-state index in [9.17, 15) is 14.3 Å². The number of benzene rings is 2. The molecule has 0 aliphatic heterocycles. The fourth-order valence-corrected chi connectivity index (χ4v) is 2.93. The summed E-state index contributed by atoms with van der Waals surface area (Å²) in [6, 6.07) is 9.63.